The van der Waals surface area contributed by atoms with Crippen molar-refractivity contribution < 1.29 is 4.79 Å². The molecule has 0 saturated heterocycles. The molecule has 0 atom stereocenters. The van der Waals surface area contributed by atoms with E-state index in [9.17, 15) is 4.79 Å². The molecule has 1 amide bonds. The van der Waals surface area contributed by atoms with Crippen LogP contribution in [0.2, 0.25) is 0 Å². The predicted molar refractivity (Wildman–Crippen MR) is 83.9 cm³/mol. The molecule has 1 heterocycles. The van der Waals surface area contributed by atoms with Gasteiger partial charge in [-0.15, -0.1) is 0 Å². The van der Waals surface area contributed by atoms with E-state index in [1.165, 1.54) is 5.56 Å². The van der Waals surface area contributed by atoms with Crippen LogP contribution in [0, 0.1) is 13.8 Å². The topological polar surface area (TPSA) is 66.9 Å². The Morgan fingerprint density at radius 1 is 1.24 bits per heavy atom. The third-order valence-electron chi connectivity index (χ3n) is 3.27. The van der Waals surface area contributed by atoms with Crippen molar-refractivity contribution in [3.63, 3.8) is 0 Å². The van der Waals surface area contributed by atoms with Crippen molar-refractivity contribution in [2.45, 2.75) is 27.2 Å². The summed E-state index contributed by atoms with van der Waals surface area (Å²) in [6.45, 7) is 6.74. The van der Waals surface area contributed by atoms with Crippen LogP contribution in [-0.2, 0) is 0 Å². The summed E-state index contributed by atoms with van der Waals surface area (Å²) in [5, 5.41) is 5.97. The molecule has 2 N–H and O–H groups in total. The van der Waals surface area contributed by atoms with E-state index >= 15 is 0 Å². The average Bonchev–Trinajstić information content (AvgIpc) is 2.50. The lowest BCUT2D eigenvalue weighted by Gasteiger charge is -2.10. The van der Waals surface area contributed by atoms with Crippen LogP contribution in [-0.4, -0.2) is 22.4 Å². The summed E-state index contributed by atoms with van der Waals surface area (Å²) in [6, 6.07) is 7.60. The minimum atomic E-state index is -0.178. The highest BCUT2D eigenvalue weighted by molar-refractivity contribution is 5.92. The van der Waals surface area contributed by atoms with Gasteiger partial charge in [0, 0.05) is 18.4 Å². The molecule has 1 aromatic carbocycles. The molecule has 5 nitrogen and oxygen atoms in total. The van der Waals surface area contributed by atoms with E-state index < -0.39 is 0 Å². The summed E-state index contributed by atoms with van der Waals surface area (Å²) < 4.78 is 0. The van der Waals surface area contributed by atoms with Gasteiger partial charge in [0.2, 0.25) is 5.95 Å². The van der Waals surface area contributed by atoms with Crippen molar-refractivity contribution >= 4 is 17.5 Å². The van der Waals surface area contributed by atoms with Crippen LogP contribution in [0.25, 0.3) is 0 Å². The van der Waals surface area contributed by atoms with Crippen LogP contribution in [0.3, 0.4) is 0 Å². The fourth-order valence-corrected chi connectivity index (χ4v) is 1.88. The average molecular weight is 284 g/mol. The fourth-order valence-electron chi connectivity index (χ4n) is 1.88. The van der Waals surface area contributed by atoms with Crippen LogP contribution < -0.4 is 10.6 Å². The van der Waals surface area contributed by atoms with Crippen molar-refractivity contribution in [3.05, 3.63) is 47.3 Å². The summed E-state index contributed by atoms with van der Waals surface area (Å²) in [6.07, 6.45) is 2.48. The second kappa shape index (κ2) is 6.83. The molecule has 2 aromatic rings. The largest absolute Gasteiger partial charge is 0.351 e. The van der Waals surface area contributed by atoms with Crippen molar-refractivity contribution in [1.29, 1.82) is 0 Å². The second-order valence-corrected chi connectivity index (χ2v) is 4.89. The van der Waals surface area contributed by atoms with E-state index in [4.69, 9.17) is 0 Å². The fraction of sp³-hybridized carbons (Fsp3) is 0.312. The number of aromatic nitrogens is 2. The number of amides is 1. The normalized spacial score (nSPS) is 10.2. The molecule has 1 aromatic heterocycles. The van der Waals surface area contributed by atoms with Gasteiger partial charge in [0.1, 0.15) is 5.69 Å². The molecule has 0 aliphatic heterocycles. The summed E-state index contributed by atoms with van der Waals surface area (Å²) in [5.74, 6) is 0.246. The molecule has 0 spiro atoms. The highest BCUT2D eigenvalue weighted by atomic mass is 16.1. The zero-order valence-electron chi connectivity index (χ0n) is 12.6. The first kappa shape index (κ1) is 15.0. The number of hydrogen-bond acceptors (Lipinski definition) is 4. The van der Waals surface area contributed by atoms with Gasteiger partial charge in [0.05, 0.1) is 0 Å². The second-order valence-electron chi connectivity index (χ2n) is 4.89. The Balaban J connectivity index is 2.18. The summed E-state index contributed by atoms with van der Waals surface area (Å²) in [7, 11) is 0. The van der Waals surface area contributed by atoms with Gasteiger partial charge in [-0.2, -0.15) is 0 Å². The minimum Gasteiger partial charge on any atom is -0.351 e. The highest BCUT2D eigenvalue weighted by Crippen LogP contribution is 2.20. The molecule has 0 radical (unpaired) electrons. The predicted octanol–water partition coefficient (Wildman–Crippen LogP) is 2.98. The maximum absolute atomic E-state index is 11.9. The Morgan fingerprint density at radius 2 is 2.05 bits per heavy atom. The number of carbonyl (C=O) groups is 1. The van der Waals surface area contributed by atoms with Gasteiger partial charge in [-0.05, 0) is 43.5 Å². The number of hydrogen-bond donors (Lipinski definition) is 2. The van der Waals surface area contributed by atoms with Gasteiger partial charge in [0.25, 0.3) is 5.91 Å². The zero-order chi connectivity index (χ0) is 15.2. The Hall–Kier alpha value is -2.43. The summed E-state index contributed by atoms with van der Waals surface area (Å²) >= 11 is 0. The standard InChI is InChI=1S/C16H20N4O/c1-4-9-17-15(21)14-8-10-18-16(20-14)19-13-7-5-6-11(2)12(13)3/h5-8,10H,4,9H2,1-3H3,(H,17,21)(H,18,19,20). The van der Waals surface area contributed by atoms with Gasteiger partial charge >= 0.3 is 0 Å². The molecule has 0 fully saturated rings. The minimum absolute atomic E-state index is 0.178. The lowest BCUT2D eigenvalue weighted by atomic mass is 10.1. The molecule has 0 unspecified atom stereocenters. The quantitative estimate of drug-likeness (QED) is 0.885. The first-order chi connectivity index (χ1) is 10.1. The zero-order valence-corrected chi connectivity index (χ0v) is 12.6. The maximum atomic E-state index is 11.9. The molecular weight excluding hydrogens is 264 g/mol. The summed E-state index contributed by atoms with van der Waals surface area (Å²) in [5.41, 5.74) is 3.64. The molecule has 0 bridgehead atoms. The van der Waals surface area contributed by atoms with E-state index in [-0.39, 0.29) is 5.91 Å². The number of carbonyl (C=O) groups excluding carboxylic acids is 1. The Bertz CT molecular complexity index is 640. The number of nitrogens with zero attached hydrogens (tertiary/aromatic N) is 2. The Kier molecular flexibility index (Phi) is 4.87. The lowest BCUT2D eigenvalue weighted by molar-refractivity contribution is 0.0948. The van der Waals surface area contributed by atoms with E-state index in [0.717, 1.165) is 17.7 Å². The molecule has 5 heteroatoms. The van der Waals surface area contributed by atoms with Gasteiger partial charge in [-0.1, -0.05) is 19.1 Å². The third kappa shape index (κ3) is 3.78. The number of rotatable bonds is 5. The highest BCUT2D eigenvalue weighted by Gasteiger charge is 2.09. The van der Waals surface area contributed by atoms with Crippen LogP contribution in [0.1, 0.15) is 35.0 Å². The number of benzene rings is 1. The molecule has 2 rings (SSSR count). The monoisotopic (exact) mass is 284 g/mol. The van der Waals surface area contributed by atoms with Crippen molar-refractivity contribution in [2.75, 3.05) is 11.9 Å². The number of anilines is 2. The molecule has 0 aliphatic carbocycles. The molecule has 21 heavy (non-hydrogen) atoms. The van der Waals surface area contributed by atoms with Crippen LogP contribution in [0.5, 0.6) is 0 Å². The summed E-state index contributed by atoms with van der Waals surface area (Å²) in [4.78, 5) is 20.3. The smallest absolute Gasteiger partial charge is 0.270 e. The van der Waals surface area contributed by atoms with Crippen molar-refractivity contribution in [1.82, 2.24) is 15.3 Å². The van der Waals surface area contributed by atoms with Crippen molar-refractivity contribution in [2.24, 2.45) is 0 Å². The van der Waals surface area contributed by atoms with Gasteiger partial charge in [0.15, 0.2) is 0 Å². The van der Waals surface area contributed by atoms with Gasteiger partial charge in [-0.3, -0.25) is 4.79 Å². The SMILES string of the molecule is CCCNC(=O)c1ccnc(Nc2cccc(C)c2C)n1. The Morgan fingerprint density at radius 3 is 2.81 bits per heavy atom. The van der Waals surface area contributed by atoms with E-state index in [2.05, 4.69) is 33.6 Å². The van der Waals surface area contributed by atoms with Gasteiger partial charge in [-0.25, -0.2) is 9.97 Å². The molecule has 0 saturated carbocycles. The van der Waals surface area contributed by atoms with E-state index in [0.29, 0.717) is 18.2 Å². The molecular formula is C16H20N4O. The van der Waals surface area contributed by atoms with Crippen LogP contribution >= 0.6 is 0 Å². The first-order valence-corrected chi connectivity index (χ1v) is 7.06. The van der Waals surface area contributed by atoms with Crippen LogP contribution in [0.4, 0.5) is 11.6 Å². The molecule has 0 aliphatic rings. The lowest BCUT2D eigenvalue weighted by Crippen LogP contribution is -2.25. The van der Waals surface area contributed by atoms with Crippen LogP contribution in [0.15, 0.2) is 30.5 Å². The van der Waals surface area contributed by atoms with E-state index in [1.54, 1.807) is 12.3 Å². The molecule has 110 valence electrons. The first-order valence-electron chi connectivity index (χ1n) is 7.06. The maximum Gasteiger partial charge on any atom is 0.270 e. The van der Waals surface area contributed by atoms with E-state index in [1.807, 2.05) is 26.0 Å². The number of nitrogens with one attached hydrogen (secondary N) is 2. The third-order valence-corrected chi connectivity index (χ3v) is 3.27. The van der Waals surface area contributed by atoms with Crippen molar-refractivity contribution in [3.8, 4) is 0 Å². The Labute approximate surface area is 124 Å². The number of aryl methyl sites for hydroxylation is 1. The van der Waals surface area contributed by atoms with Gasteiger partial charge < -0.3 is 10.6 Å².